The summed E-state index contributed by atoms with van der Waals surface area (Å²) in [4.78, 5) is 41.4. The summed E-state index contributed by atoms with van der Waals surface area (Å²) in [6, 6.07) is 0. The Morgan fingerprint density at radius 1 is 0.773 bits per heavy atom. The van der Waals surface area contributed by atoms with Gasteiger partial charge in [-0.15, -0.1) is 0 Å². The molecule has 22 heavy (non-hydrogen) atoms. The molecule has 4 N–H and O–H groups in total. The number of hydrogen-bond donors (Lipinski definition) is 4. The summed E-state index contributed by atoms with van der Waals surface area (Å²) < 4.78 is 0. The summed E-state index contributed by atoms with van der Waals surface area (Å²) in [6.45, 7) is 12.1. The molecule has 2 unspecified atom stereocenters. The molecule has 0 bridgehead atoms. The van der Waals surface area contributed by atoms with Crippen molar-refractivity contribution >= 4 is 14.8 Å². The van der Waals surface area contributed by atoms with Gasteiger partial charge >= 0.3 is 138 Å². The van der Waals surface area contributed by atoms with Gasteiger partial charge in [-0.05, 0) is 0 Å². The average Bonchev–Trinajstić information content (AvgIpc) is 2.07. The molecule has 0 aliphatic heterocycles. The molecule has 0 aromatic carbocycles. The average molecular weight is 356 g/mol. The molecule has 0 spiro atoms. The van der Waals surface area contributed by atoms with Gasteiger partial charge in [-0.1, -0.05) is 0 Å². The van der Waals surface area contributed by atoms with Crippen LogP contribution in [-0.4, -0.2) is 31.9 Å². The van der Waals surface area contributed by atoms with Gasteiger partial charge in [0.2, 0.25) is 0 Å². The molecule has 0 rings (SSSR count). The minimum absolute atomic E-state index is 0.0406. The Kier molecular flexibility index (Phi) is 7.53. The van der Waals surface area contributed by atoms with E-state index in [-0.39, 0.29) is 35.0 Å². The van der Waals surface area contributed by atoms with Crippen LogP contribution in [0, 0.1) is 22.7 Å². The quantitative estimate of drug-likeness (QED) is 0.498. The summed E-state index contributed by atoms with van der Waals surface area (Å²) in [5, 5.41) is 0. The fraction of sp³-hybridized carbons (Fsp3) is 1.00. The molecule has 6 heteroatoms. The Labute approximate surface area is 138 Å². The van der Waals surface area contributed by atoms with Crippen molar-refractivity contribution in [1.82, 2.24) is 0 Å². The van der Waals surface area contributed by atoms with Crippen LogP contribution in [0.2, 0.25) is 0 Å². The van der Waals surface area contributed by atoms with Gasteiger partial charge in [0, 0.05) is 0 Å². The second kappa shape index (κ2) is 7.30. The standard InChI is InChI=1S/C16H38O4P2/c1-13(9-15(3,4)5)11-22(19,20,21(17)18)12-14(2)10-16(6,7)8/h13-14,17-20H,9-12H2,1-8H3. The summed E-state index contributed by atoms with van der Waals surface area (Å²) in [6.07, 6.45) is 1.86. The maximum atomic E-state index is 10.9. The van der Waals surface area contributed by atoms with E-state index in [9.17, 15) is 19.6 Å². The third-order valence-electron chi connectivity index (χ3n) is 3.71. The van der Waals surface area contributed by atoms with Gasteiger partial charge in [-0.3, -0.25) is 0 Å². The maximum absolute atomic E-state index is 10.9. The van der Waals surface area contributed by atoms with Gasteiger partial charge < -0.3 is 0 Å². The zero-order valence-electron chi connectivity index (χ0n) is 15.7. The number of rotatable bonds is 7. The third-order valence-corrected chi connectivity index (χ3v) is 10.7. The monoisotopic (exact) mass is 356 g/mol. The second-order valence-corrected chi connectivity index (χ2v) is 17.5. The first-order valence-corrected chi connectivity index (χ1v) is 12.6. The Morgan fingerprint density at radius 3 is 1.23 bits per heavy atom. The van der Waals surface area contributed by atoms with E-state index in [0.29, 0.717) is 0 Å². The van der Waals surface area contributed by atoms with E-state index >= 15 is 0 Å². The third kappa shape index (κ3) is 8.52. The molecule has 0 saturated heterocycles. The van der Waals surface area contributed by atoms with Crippen LogP contribution in [0.3, 0.4) is 0 Å². The molecule has 0 aromatic rings. The van der Waals surface area contributed by atoms with Crippen molar-refractivity contribution in [3.05, 3.63) is 0 Å². The Balaban J connectivity index is 5.12. The van der Waals surface area contributed by atoms with E-state index in [0.717, 1.165) is 12.8 Å². The van der Waals surface area contributed by atoms with Gasteiger partial charge in [0.1, 0.15) is 0 Å². The van der Waals surface area contributed by atoms with Crippen molar-refractivity contribution < 1.29 is 19.6 Å². The zero-order chi connectivity index (χ0) is 18.0. The van der Waals surface area contributed by atoms with Crippen LogP contribution in [-0.2, 0) is 0 Å². The van der Waals surface area contributed by atoms with Crippen LogP contribution >= 0.6 is 14.8 Å². The van der Waals surface area contributed by atoms with E-state index in [2.05, 4.69) is 41.5 Å². The summed E-state index contributed by atoms with van der Waals surface area (Å²) in [5.74, 6) is 0.0811. The summed E-state index contributed by atoms with van der Waals surface area (Å²) in [7, 11) is -2.73. The van der Waals surface area contributed by atoms with E-state index in [1.54, 1.807) is 0 Å². The number of hydrogen-bond acceptors (Lipinski definition) is 4. The van der Waals surface area contributed by atoms with Gasteiger partial charge in [-0.25, -0.2) is 0 Å². The van der Waals surface area contributed by atoms with Crippen molar-refractivity contribution in [3.63, 3.8) is 0 Å². The van der Waals surface area contributed by atoms with Crippen molar-refractivity contribution in [3.8, 4) is 0 Å². The van der Waals surface area contributed by atoms with Crippen molar-refractivity contribution in [2.45, 2.75) is 68.2 Å². The summed E-state index contributed by atoms with van der Waals surface area (Å²) in [5.41, 5.74) is 0.156. The molecular formula is C16H38O4P2. The van der Waals surface area contributed by atoms with Crippen LogP contribution in [0.25, 0.3) is 0 Å². The van der Waals surface area contributed by atoms with Crippen LogP contribution < -0.4 is 0 Å². The molecule has 0 fully saturated rings. The molecule has 0 heterocycles. The first kappa shape index (κ1) is 22.7. The predicted octanol–water partition coefficient (Wildman–Crippen LogP) is 4.71. The first-order chi connectivity index (χ1) is 9.43. The summed E-state index contributed by atoms with van der Waals surface area (Å²) >= 11 is 0. The molecule has 136 valence electrons. The Morgan fingerprint density at radius 2 is 1.05 bits per heavy atom. The zero-order valence-corrected chi connectivity index (χ0v) is 17.5. The van der Waals surface area contributed by atoms with Crippen LogP contribution in [0.4, 0.5) is 0 Å². The molecule has 4 nitrogen and oxygen atoms in total. The van der Waals surface area contributed by atoms with Crippen LogP contribution in [0.15, 0.2) is 0 Å². The molecule has 2 atom stereocenters. The first-order valence-electron chi connectivity index (χ1n) is 8.13. The SMILES string of the molecule is CC(CC(C)(C)C)CP(O)(O)(CC(C)CC(C)(C)C)P(O)O. The molecule has 0 aromatic heterocycles. The van der Waals surface area contributed by atoms with Crippen molar-refractivity contribution in [1.29, 1.82) is 0 Å². The Hall–Kier alpha value is 0.700. The van der Waals surface area contributed by atoms with E-state index in [4.69, 9.17) is 0 Å². The molecule has 0 radical (unpaired) electrons. The van der Waals surface area contributed by atoms with Gasteiger partial charge in [0.05, 0.1) is 0 Å². The van der Waals surface area contributed by atoms with Crippen LogP contribution in [0.5, 0.6) is 0 Å². The fourth-order valence-corrected chi connectivity index (χ4v) is 9.52. The van der Waals surface area contributed by atoms with E-state index in [1.165, 1.54) is 0 Å². The van der Waals surface area contributed by atoms with Gasteiger partial charge in [0.15, 0.2) is 0 Å². The molecule has 0 aliphatic rings. The van der Waals surface area contributed by atoms with E-state index < -0.39 is 14.8 Å². The normalized spacial score (nSPS) is 18.9. The van der Waals surface area contributed by atoms with Gasteiger partial charge in [0.25, 0.3) is 0 Å². The van der Waals surface area contributed by atoms with E-state index in [1.807, 2.05) is 13.8 Å². The molecular weight excluding hydrogens is 318 g/mol. The van der Waals surface area contributed by atoms with Crippen molar-refractivity contribution in [2.24, 2.45) is 22.7 Å². The predicted molar refractivity (Wildman–Crippen MR) is 98.9 cm³/mol. The van der Waals surface area contributed by atoms with Gasteiger partial charge in [-0.2, -0.15) is 0 Å². The minimum atomic E-state index is -4.46. The molecule has 0 saturated carbocycles. The topological polar surface area (TPSA) is 80.9 Å². The molecule has 0 amide bonds. The van der Waals surface area contributed by atoms with Crippen molar-refractivity contribution in [2.75, 3.05) is 12.3 Å². The van der Waals surface area contributed by atoms with Crippen LogP contribution in [0.1, 0.15) is 68.2 Å². The fourth-order valence-electron chi connectivity index (χ4n) is 3.72. The Bertz CT molecular complexity index is 328. The second-order valence-electron chi connectivity index (χ2n) is 9.71. The molecule has 0 aliphatic carbocycles.